The van der Waals surface area contributed by atoms with Gasteiger partial charge in [-0.15, -0.1) is 0 Å². The highest BCUT2D eigenvalue weighted by atomic mass is 16.3. The fraction of sp³-hybridized carbons (Fsp3) is 0.421. The normalized spacial score (nSPS) is 19.0. The number of likely N-dealkylation sites (tertiary alicyclic amines) is 1. The molecule has 4 rings (SSSR count). The first-order chi connectivity index (χ1) is 11.2. The van der Waals surface area contributed by atoms with E-state index in [0.717, 1.165) is 40.9 Å². The molecule has 3 heterocycles. The summed E-state index contributed by atoms with van der Waals surface area (Å²) in [7, 11) is 0. The minimum Gasteiger partial charge on any atom is -0.461 e. The molecule has 120 valence electrons. The third-order valence-electron chi connectivity index (χ3n) is 4.86. The van der Waals surface area contributed by atoms with Gasteiger partial charge in [0.1, 0.15) is 11.3 Å². The number of fused-ring (bicyclic) bond motifs is 1. The molecule has 0 saturated carbocycles. The largest absolute Gasteiger partial charge is 0.461 e. The Morgan fingerprint density at radius 3 is 2.96 bits per heavy atom. The maximum absolute atomic E-state index is 6.00. The molecule has 0 aliphatic carbocycles. The van der Waals surface area contributed by atoms with E-state index in [4.69, 9.17) is 4.42 Å². The second-order valence-electron chi connectivity index (χ2n) is 6.67. The van der Waals surface area contributed by atoms with Gasteiger partial charge in [-0.3, -0.25) is 0 Å². The number of rotatable bonds is 4. The van der Waals surface area contributed by atoms with Crippen LogP contribution in [0.2, 0.25) is 0 Å². The summed E-state index contributed by atoms with van der Waals surface area (Å²) in [5.74, 6) is 1.08. The molecule has 1 aliphatic rings. The summed E-state index contributed by atoms with van der Waals surface area (Å²) in [6, 6.07) is 9.14. The molecule has 0 N–H and O–H groups in total. The monoisotopic (exact) mass is 309 g/mol. The molecule has 1 unspecified atom stereocenters. The summed E-state index contributed by atoms with van der Waals surface area (Å²) in [6.07, 6.45) is 7.55. The van der Waals surface area contributed by atoms with Gasteiger partial charge in [-0.1, -0.05) is 0 Å². The van der Waals surface area contributed by atoms with Gasteiger partial charge in [0.2, 0.25) is 0 Å². The molecule has 3 aromatic rings. The summed E-state index contributed by atoms with van der Waals surface area (Å²) >= 11 is 0. The van der Waals surface area contributed by atoms with Gasteiger partial charge >= 0.3 is 0 Å². The third-order valence-corrected chi connectivity index (χ3v) is 4.86. The van der Waals surface area contributed by atoms with E-state index in [0.29, 0.717) is 6.04 Å². The first-order valence-corrected chi connectivity index (χ1v) is 8.47. The van der Waals surface area contributed by atoms with Crippen molar-refractivity contribution >= 4 is 11.0 Å². The topological polar surface area (TPSA) is 34.2 Å². The summed E-state index contributed by atoms with van der Waals surface area (Å²) in [5, 5.41) is 5.53. The van der Waals surface area contributed by atoms with Gasteiger partial charge in [0.05, 0.1) is 11.9 Å². The van der Waals surface area contributed by atoms with Crippen LogP contribution in [0.1, 0.15) is 31.1 Å². The highest BCUT2D eigenvalue weighted by Crippen LogP contribution is 2.24. The Hall–Kier alpha value is -2.07. The van der Waals surface area contributed by atoms with Crippen LogP contribution in [0, 0.1) is 6.92 Å². The van der Waals surface area contributed by atoms with Crippen LogP contribution < -0.4 is 0 Å². The van der Waals surface area contributed by atoms with Gasteiger partial charge in [0, 0.05) is 30.6 Å². The third kappa shape index (κ3) is 2.91. The highest BCUT2D eigenvalue weighted by molar-refractivity contribution is 5.80. The first kappa shape index (κ1) is 14.5. The molecule has 1 fully saturated rings. The summed E-state index contributed by atoms with van der Waals surface area (Å²) < 4.78 is 7.91. The lowest BCUT2D eigenvalue weighted by Crippen LogP contribution is -2.28. The van der Waals surface area contributed by atoms with Crippen LogP contribution in [-0.2, 0) is 6.42 Å². The Kier molecular flexibility index (Phi) is 3.69. The number of nitrogens with zero attached hydrogens (tertiary/aromatic N) is 3. The number of hydrogen-bond acceptors (Lipinski definition) is 3. The van der Waals surface area contributed by atoms with Gasteiger partial charge < -0.3 is 9.32 Å². The van der Waals surface area contributed by atoms with Gasteiger partial charge in [-0.05, 0) is 63.1 Å². The molecular weight excluding hydrogens is 286 g/mol. The zero-order valence-corrected chi connectivity index (χ0v) is 13.8. The van der Waals surface area contributed by atoms with E-state index >= 15 is 0 Å². The molecule has 1 atom stereocenters. The van der Waals surface area contributed by atoms with Gasteiger partial charge in [-0.2, -0.15) is 5.10 Å². The Balaban J connectivity index is 1.53. The van der Waals surface area contributed by atoms with Crippen molar-refractivity contribution in [3.8, 4) is 5.69 Å². The molecule has 1 aromatic carbocycles. The van der Waals surface area contributed by atoms with Crippen LogP contribution in [0.25, 0.3) is 16.7 Å². The van der Waals surface area contributed by atoms with Crippen LogP contribution in [-0.4, -0.2) is 33.8 Å². The molecule has 0 spiro atoms. The molecule has 1 saturated heterocycles. The van der Waals surface area contributed by atoms with Crippen molar-refractivity contribution in [2.24, 2.45) is 0 Å². The maximum atomic E-state index is 6.00. The lowest BCUT2D eigenvalue weighted by molar-refractivity contribution is 0.266. The summed E-state index contributed by atoms with van der Waals surface area (Å²) in [5.41, 5.74) is 3.20. The quantitative estimate of drug-likeness (QED) is 0.731. The standard InChI is InChI=1S/C19H23N3O/c1-14-12-20-22(13-14)17-5-6-19-16(10-17)11-18(23-19)7-9-21-8-3-4-15(21)2/h5-6,10-13,15H,3-4,7-9H2,1-2H3. The van der Waals surface area contributed by atoms with Gasteiger partial charge in [0.15, 0.2) is 0 Å². The molecule has 0 bridgehead atoms. The number of hydrogen-bond donors (Lipinski definition) is 0. The van der Waals surface area contributed by atoms with Crippen molar-refractivity contribution in [2.45, 2.75) is 39.2 Å². The van der Waals surface area contributed by atoms with Crippen LogP contribution >= 0.6 is 0 Å². The maximum Gasteiger partial charge on any atom is 0.134 e. The van der Waals surface area contributed by atoms with Crippen LogP contribution in [0.3, 0.4) is 0 Å². The molecule has 2 aromatic heterocycles. The molecule has 0 radical (unpaired) electrons. The highest BCUT2D eigenvalue weighted by Gasteiger charge is 2.20. The van der Waals surface area contributed by atoms with Crippen molar-refractivity contribution < 1.29 is 4.42 Å². The predicted molar refractivity (Wildman–Crippen MR) is 92.0 cm³/mol. The summed E-state index contributed by atoms with van der Waals surface area (Å²) in [4.78, 5) is 2.56. The minimum absolute atomic E-state index is 0.717. The van der Waals surface area contributed by atoms with Crippen LogP contribution in [0.15, 0.2) is 41.1 Å². The number of aryl methyl sites for hydroxylation is 1. The van der Waals surface area contributed by atoms with Crippen molar-refractivity contribution in [3.05, 3.63) is 48.0 Å². The number of aromatic nitrogens is 2. The average molecular weight is 309 g/mol. The lowest BCUT2D eigenvalue weighted by Gasteiger charge is -2.19. The Morgan fingerprint density at radius 1 is 1.30 bits per heavy atom. The number of furan rings is 1. The van der Waals surface area contributed by atoms with Crippen molar-refractivity contribution in [2.75, 3.05) is 13.1 Å². The van der Waals surface area contributed by atoms with Crippen LogP contribution in [0.4, 0.5) is 0 Å². The second-order valence-corrected chi connectivity index (χ2v) is 6.67. The van der Waals surface area contributed by atoms with E-state index < -0.39 is 0 Å². The molecule has 0 amide bonds. The SMILES string of the molecule is Cc1cnn(-c2ccc3oc(CCN4CCCC4C)cc3c2)c1. The number of benzene rings is 1. The zero-order valence-electron chi connectivity index (χ0n) is 13.8. The molecule has 4 heteroatoms. The van der Waals surface area contributed by atoms with E-state index in [1.54, 1.807) is 0 Å². The van der Waals surface area contributed by atoms with Gasteiger partial charge in [0.25, 0.3) is 0 Å². The van der Waals surface area contributed by atoms with Crippen molar-refractivity contribution in [1.82, 2.24) is 14.7 Å². The fourth-order valence-electron chi connectivity index (χ4n) is 3.48. The first-order valence-electron chi connectivity index (χ1n) is 8.47. The predicted octanol–water partition coefficient (Wildman–Crippen LogP) is 3.95. The van der Waals surface area contributed by atoms with E-state index in [-0.39, 0.29) is 0 Å². The van der Waals surface area contributed by atoms with E-state index in [9.17, 15) is 0 Å². The molecule has 4 nitrogen and oxygen atoms in total. The van der Waals surface area contributed by atoms with E-state index in [1.807, 2.05) is 23.1 Å². The second kappa shape index (κ2) is 5.85. The van der Waals surface area contributed by atoms with Crippen molar-refractivity contribution in [3.63, 3.8) is 0 Å². The smallest absolute Gasteiger partial charge is 0.134 e. The van der Waals surface area contributed by atoms with Crippen molar-refractivity contribution in [1.29, 1.82) is 0 Å². The Morgan fingerprint density at radius 2 is 2.22 bits per heavy atom. The van der Waals surface area contributed by atoms with E-state index in [1.165, 1.54) is 19.4 Å². The lowest BCUT2D eigenvalue weighted by atomic mass is 10.2. The summed E-state index contributed by atoms with van der Waals surface area (Å²) in [6.45, 7) is 6.69. The van der Waals surface area contributed by atoms with Gasteiger partial charge in [-0.25, -0.2) is 4.68 Å². The van der Waals surface area contributed by atoms with Crippen LogP contribution in [0.5, 0.6) is 0 Å². The van der Waals surface area contributed by atoms with E-state index in [2.05, 4.69) is 42.0 Å². The molecule has 1 aliphatic heterocycles. The Labute approximate surface area is 136 Å². The minimum atomic E-state index is 0.717. The molecule has 23 heavy (non-hydrogen) atoms. The zero-order chi connectivity index (χ0) is 15.8. The molecular formula is C19H23N3O. The average Bonchev–Trinajstić information content (AvgIpc) is 3.24. The Bertz CT molecular complexity index is 817. The fourth-order valence-corrected chi connectivity index (χ4v) is 3.48.